The van der Waals surface area contributed by atoms with Crippen molar-refractivity contribution in [1.29, 1.82) is 0 Å². The fourth-order valence-corrected chi connectivity index (χ4v) is 5.07. The van der Waals surface area contributed by atoms with Crippen LogP contribution in [-0.2, 0) is 11.0 Å². The van der Waals surface area contributed by atoms with Crippen molar-refractivity contribution in [1.82, 2.24) is 24.2 Å². The van der Waals surface area contributed by atoms with E-state index in [4.69, 9.17) is 4.98 Å². The highest BCUT2D eigenvalue weighted by molar-refractivity contribution is 7.81. The van der Waals surface area contributed by atoms with Crippen LogP contribution in [0.25, 0.3) is 21.6 Å². The van der Waals surface area contributed by atoms with Gasteiger partial charge < -0.3 is 10.2 Å². The van der Waals surface area contributed by atoms with Gasteiger partial charge in [0.2, 0.25) is 0 Å². The van der Waals surface area contributed by atoms with Crippen LogP contribution in [0.5, 0.6) is 0 Å². The third-order valence-electron chi connectivity index (χ3n) is 5.18. The molecule has 1 unspecified atom stereocenters. The Balaban J connectivity index is 1.33. The van der Waals surface area contributed by atoms with Crippen molar-refractivity contribution in [3.63, 3.8) is 0 Å². The van der Waals surface area contributed by atoms with E-state index in [9.17, 15) is 4.21 Å². The van der Waals surface area contributed by atoms with Gasteiger partial charge in [-0.3, -0.25) is 4.98 Å². The summed E-state index contributed by atoms with van der Waals surface area (Å²) in [7, 11) is -0.910. The van der Waals surface area contributed by atoms with Gasteiger partial charge in [0.15, 0.2) is 5.13 Å². The highest BCUT2D eigenvalue weighted by Crippen LogP contribution is 2.30. The van der Waals surface area contributed by atoms with E-state index >= 15 is 0 Å². The Kier molecular flexibility index (Phi) is 5.58. The van der Waals surface area contributed by atoms with Crippen LogP contribution in [0.3, 0.4) is 0 Å². The Hall–Kier alpha value is -2.95. The molecule has 0 spiro atoms. The first-order chi connectivity index (χ1) is 15.2. The molecule has 1 aliphatic rings. The molecule has 4 aromatic heterocycles. The van der Waals surface area contributed by atoms with E-state index in [2.05, 4.69) is 25.2 Å². The quantitative estimate of drug-likeness (QED) is 0.498. The molecule has 10 heteroatoms. The van der Waals surface area contributed by atoms with Crippen LogP contribution in [0.1, 0.15) is 0 Å². The van der Waals surface area contributed by atoms with Crippen molar-refractivity contribution < 1.29 is 4.21 Å². The lowest BCUT2D eigenvalue weighted by Crippen LogP contribution is -2.46. The molecule has 31 heavy (non-hydrogen) atoms. The minimum absolute atomic E-state index is 0.743. The lowest BCUT2D eigenvalue weighted by Gasteiger charge is -2.34. The van der Waals surface area contributed by atoms with Crippen molar-refractivity contribution in [3.05, 3.63) is 55.0 Å². The fourth-order valence-electron chi connectivity index (χ4n) is 3.55. The molecule has 5 rings (SSSR count). The SMILES string of the molecule is CS(=O)N1CCN(c2ccnc(Nc3nc4ccc(-c5ccncc5)nc4s3)c2)CC1. The number of hydrogen-bond donors (Lipinski definition) is 1. The number of nitrogens with one attached hydrogen (secondary N) is 1. The molecular weight excluding hydrogens is 430 g/mol. The molecule has 4 aromatic rings. The molecule has 0 bridgehead atoms. The third-order valence-corrected chi connectivity index (χ3v) is 7.15. The maximum Gasteiger partial charge on any atom is 0.190 e. The molecular formula is C21H21N7OS2. The number of hydrogen-bond acceptors (Lipinski definition) is 8. The predicted octanol–water partition coefficient (Wildman–Crippen LogP) is 3.31. The highest BCUT2D eigenvalue weighted by atomic mass is 32.2. The summed E-state index contributed by atoms with van der Waals surface area (Å²) in [6, 6.07) is 11.9. The topological polar surface area (TPSA) is 87.1 Å². The van der Waals surface area contributed by atoms with Crippen molar-refractivity contribution in [2.45, 2.75) is 0 Å². The van der Waals surface area contributed by atoms with Gasteiger partial charge in [0, 0.05) is 68.3 Å². The van der Waals surface area contributed by atoms with Crippen molar-refractivity contribution in [2.75, 3.05) is 42.7 Å². The summed E-state index contributed by atoms with van der Waals surface area (Å²) in [5, 5.41) is 4.07. The van der Waals surface area contributed by atoms with Gasteiger partial charge in [0.05, 0.1) is 16.7 Å². The second kappa shape index (κ2) is 8.66. The molecule has 1 saturated heterocycles. The number of thiazole rings is 1. The lowest BCUT2D eigenvalue weighted by molar-refractivity contribution is 0.412. The smallest absolute Gasteiger partial charge is 0.190 e. The fraction of sp³-hybridized carbons (Fsp3) is 0.238. The van der Waals surface area contributed by atoms with E-state index < -0.39 is 11.0 Å². The van der Waals surface area contributed by atoms with Gasteiger partial charge in [-0.15, -0.1) is 0 Å². The summed E-state index contributed by atoms with van der Waals surface area (Å²) in [6.45, 7) is 3.26. The zero-order chi connectivity index (χ0) is 21.2. The van der Waals surface area contributed by atoms with Gasteiger partial charge in [-0.2, -0.15) is 0 Å². The number of piperazine rings is 1. The number of fused-ring (bicyclic) bond motifs is 1. The Bertz CT molecular complexity index is 1220. The number of anilines is 3. The van der Waals surface area contributed by atoms with E-state index in [0.717, 1.165) is 64.4 Å². The second-order valence-electron chi connectivity index (χ2n) is 7.14. The standard InChI is InChI=1S/C21H21N7OS2/c1-31(29)28-12-10-27(11-13-28)16-6-9-23-19(14-16)26-21-25-18-3-2-17(24-20(18)30-21)15-4-7-22-8-5-15/h2-9,14H,10-13H2,1H3,(H,23,25,26). The minimum atomic E-state index is -0.910. The molecule has 0 radical (unpaired) electrons. The molecule has 5 heterocycles. The van der Waals surface area contributed by atoms with E-state index in [1.165, 1.54) is 11.3 Å². The van der Waals surface area contributed by atoms with Crippen LogP contribution in [0.15, 0.2) is 55.0 Å². The molecule has 1 atom stereocenters. The van der Waals surface area contributed by atoms with Crippen LogP contribution in [0, 0.1) is 0 Å². The summed E-state index contributed by atoms with van der Waals surface area (Å²) < 4.78 is 13.7. The van der Waals surface area contributed by atoms with Gasteiger partial charge >= 0.3 is 0 Å². The van der Waals surface area contributed by atoms with Crippen molar-refractivity contribution >= 4 is 49.3 Å². The van der Waals surface area contributed by atoms with E-state index in [1.54, 1.807) is 24.8 Å². The van der Waals surface area contributed by atoms with Gasteiger partial charge in [-0.1, -0.05) is 11.3 Å². The molecule has 1 N–H and O–H groups in total. The first-order valence-corrected chi connectivity index (χ1v) is 12.2. The zero-order valence-corrected chi connectivity index (χ0v) is 18.6. The zero-order valence-electron chi connectivity index (χ0n) is 16.9. The number of pyridine rings is 3. The summed E-state index contributed by atoms with van der Waals surface area (Å²) in [4.78, 5) is 21.1. The summed E-state index contributed by atoms with van der Waals surface area (Å²) in [6.07, 6.45) is 7.06. The monoisotopic (exact) mass is 451 g/mol. The minimum Gasteiger partial charge on any atom is -0.369 e. The maximum absolute atomic E-state index is 11.7. The summed E-state index contributed by atoms with van der Waals surface area (Å²) in [5.74, 6) is 0.743. The Labute approximate surface area is 186 Å². The second-order valence-corrected chi connectivity index (χ2v) is 9.48. The van der Waals surface area contributed by atoms with E-state index in [1.807, 2.05) is 40.7 Å². The third kappa shape index (κ3) is 4.41. The van der Waals surface area contributed by atoms with Crippen LogP contribution < -0.4 is 10.2 Å². The van der Waals surface area contributed by atoms with Crippen LogP contribution >= 0.6 is 11.3 Å². The van der Waals surface area contributed by atoms with Gasteiger partial charge in [0.25, 0.3) is 0 Å². The Morgan fingerprint density at radius 2 is 1.81 bits per heavy atom. The average Bonchev–Trinajstić information content (AvgIpc) is 3.21. The highest BCUT2D eigenvalue weighted by Gasteiger charge is 2.19. The molecule has 1 aliphatic heterocycles. The summed E-state index contributed by atoms with van der Waals surface area (Å²) >= 11 is 1.50. The number of aromatic nitrogens is 4. The first-order valence-electron chi connectivity index (χ1n) is 9.90. The first kappa shape index (κ1) is 20.0. The molecule has 1 fully saturated rings. The van der Waals surface area contributed by atoms with Crippen molar-refractivity contribution in [3.8, 4) is 11.3 Å². The summed E-state index contributed by atoms with van der Waals surface area (Å²) in [5.41, 5.74) is 3.88. The average molecular weight is 452 g/mol. The van der Waals surface area contributed by atoms with Gasteiger partial charge in [-0.05, 0) is 30.3 Å². The molecule has 0 saturated carbocycles. The molecule has 0 aliphatic carbocycles. The maximum atomic E-state index is 11.7. The molecule has 0 amide bonds. The van der Waals surface area contributed by atoms with E-state index in [0.29, 0.717) is 0 Å². The Morgan fingerprint density at radius 1 is 1.00 bits per heavy atom. The lowest BCUT2D eigenvalue weighted by atomic mass is 10.2. The van der Waals surface area contributed by atoms with Crippen LogP contribution in [0.2, 0.25) is 0 Å². The molecule has 0 aromatic carbocycles. The van der Waals surface area contributed by atoms with Crippen molar-refractivity contribution in [2.24, 2.45) is 0 Å². The van der Waals surface area contributed by atoms with E-state index in [-0.39, 0.29) is 0 Å². The molecule has 8 nitrogen and oxygen atoms in total. The van der Waals surface area contributed by atoms with Gasteiger partial charge in [0.1, 0.15) is 16.2 Å². The normalized spacial score (nSPS) is 15.8. The van der Waals surface area contributed by atoms with Crippen LogP contribution in [-0.4, -0.2) is 60.9 Å². The predicted molar refractivity (Wildman–Crippen MR) is 126 cm³/mol. The number of rotatable bonds is 5. The Morgan fingerprint density at radius 3 is 2.58 bits per heavy atom. The largest absolute Gasteiger partial charge is 0.369 e. The molecule has 158 valence electrons. The number of nitrogens with zero attached hydrogens (tertiary/aromatic N) is 6. The van der Waals surface area contributed by atoms with Gasteiger partial charge in [-0.25, -0.2) is 23.5 Å². The van der Waals surface area contributed by atoms with Crippen LogP contribution in [0.4, 0.5) is 16.6 Å².